The Labute approximate surface area is 237 Å². The van der Waals surface area contributed by atoms with Gasteiger partial charge in [-0.3, -0.25) is 19.0 Å². The van der Waals surface area contributed by atoms with Gasteiger partial charge in [0.15, 0.2) is 0 Å². The second-order valence-corrected chi connectivity index (χ2v) is 10.2. The molecule has 8 rings (SSSR count). The summed E-state index contributed by atoms with van der Waals surface area (Å²) in [5, 5.41) is 2.16. The van der Waals surface area contributed by atoms with E-state index in [1.54, 1.807) is 0 Å². The Kier molecular flexibility index (Phi) is 5.25. The molecule has 4 aromatic carbocycles. The van der Waals surface area contributed by atoms with Crippen molar-refractivity contribution < 1.29 is 0 Å². The smallest absolute Gasteiger partial charge is 0.135 e. The van der Waals surface area contributed by atoms with Gasteiger partial charge < -0.3 is 5.73 Å². The average molecular weight is 531 g/mol. The minimum Gasteiger partial charge on any atom is -0.383 e. The fourth-order valence-electron chi connectivity index (χ4n) is 5.98. The molecule has 0 saturated heterocycles. The Balaban J connectivity index is 1.39. The van der Waals surface area contributed by atoms with E-state index >= 15 is 0 Å². The van der Waals surface area contributed by atoms with E-state index in [1.807, 2.05) is 48.7 Å². The molecular weight excluding hydrogens is 504 g/mol. The van der Waals surface area contributed by atoms with Crippen molar-refractivity contribution in [2.24, 2.45) is 4.99 Å². The summed E-state index contributed by atoms with van der Waals surface area (Å²) in [4.78, 5) is 12.3. The van der Waals surface area contributed by atoms with Crippen LogP contribution in [0.3, 0.4) is 0 Å². The number of nitrogens with two attached hydrogens (primary N) is 1. The second-order valence-electron chi connectivity index (χ2n) is 10.2. The number of anilines is 3. The number of rotatable bonds is 4. The lowest BCUT2D eigenvalue weighted by molar-refractivity contribution is 1.09. The number of aromatic nitrogens is 3. The van der Waals surface area contributed by atoms with Crippen LogP contribution in [0.4, 0.5) is 23.0 Å². The van der Waals surface area contributed by atoms with Gasteiger partial charge in [-0.1, -0.05) is 72.8 Å². The number of nitrogens with zero attached hydrogens (tertiary/aromatic N) is 5. The predicted octanol–water partition coefficient (Wildman–Crippen LogP) is 7.98. The minimum atomic E-state index is 0.594. The van der Waals surface area contributed by atoms with Gasteiger partial charge in [0.25, 0.3) is 0 Å². The number of pyridine rings is 1. The van der Waals surface area contributed by atoms with Crippen molar-refractivity contribution in [2.45, 2.75) is 6.42 Å². The molecule has 41 heavy (non-hydrogen) atoms. The largest absolute Gasteiger partial charge is 0.383 e. The van der Waals surface area contributed by atoms with E-state index in [1.165, 1.54) is 0 Å². The van der Waals surface area contributed by atoms with Crippen molar-refractivity contribution in [2.75, 3.05) is 10.6 Å². The van der Waals surface area contributed by atoms with Crippen LogP contribution < -0.4 is 10.6 Å². The van der Waals surface area contributed by atoms with Gasteiger partial charge in [-0.2, -0.15) is 0 Å². The monoisotopic (exact) mass is 530 g/mol. The lowest BCUT2D eigenvalue weighted by Gasteiger charge is -2.23. The molecule has 6 nitrogen and oxygen atoms in total. The summed E-state index contributed by atoms with van der Waals surface area (Å²) in [6, 6.07) is 43.7. The van der Waals surface area contributed by atoms with Crippen LogP contribution in [0.1, 0.15) is 5.69 Å². The van der Waals surface area contributed by atoms with Gasteiger partial charge in [-0.05, 0) is 54.6 Å². The van der Waals surface area contributed by atoms with Crippen LogP contribution in [-0.4, -0.2) is 20.0 Å². The first-order valence-corrected chi connectivity index (χ1v) is 13.7. The number of hydrogen-bond acceptors (Lipinski definition) is 3. The molecule has 0 amide bonds. The van der Waals surface area contributed by atoms with Crippen molar-refractivity contribution in [3.63, 3.8) is 0 Å². The molecule has 4 heterocycles. The zero-order valence-electron chi connectivity index (χ0n) is 22.2. The summed E-state index contributed by atoms with van der Waals surface area (Å²) < 4.78 is 4.38. The molecule has 0 aliphatic carbocycles. The van der Waals surface area contributed by atoms with Crippen molar-refractivity contribution in [1.29, 1.82) is 0 Å². The van der Waals surface area contributed by atoms with Gasteiger partial charge in [0, 0.05) is 28.3 Å². The Morgan fingerprint density at radius 2 is 1.32 bits per heavy atom. The lowest BCUT2D eigenvalue weighted by atomic mass is 10.2. The highest BCUT2D eigenvalue weighted by molar-refractivity contribution is 6.14. The third kappa shape index (κ3) is 3.65. The molecule has 2 N–H and O–H groups in total. The summed E-state index contributed by atoms with van der Waals surface area (Å²) in [5.74, 6) is 2.49. The highest BCUT2D eigenvalue weighted by Crippen LogP contribution is 2.43. The zero-order valence-corrected chi connectivity index (χ0v) is 22.2. The Hall–Kier alpha value is -5.62. The number of fused-ring (bicyclic) bond motifs is 3. The first-order chi connectivity index (χ1) is 20.3. The van der Waals surface area contributed by atoms with E-state index in [-0.39, 0.29) is 0 Å². The third-order valence-corrected chi connectivity index (χ3v) is 7.76. The van der Waals surface area contributed by atoms with Crippen molar-refractivity contribution in [1.82, 2.24) is 14.1 Å². The molecule has 0 radical (unpaired) electrons. The topological polar surface area (TPSA) is 64.4 Å². The Morgan fingerprint density at radius 1 is 0.659 bits per heavy atom. The maximum absolute atomic E-state index is 6.91. The van der Waals surface area contributed by atoms with Gasteiger partial charge in [0.1, 0.15) is 23.2 Å². The Bertz CT molecular complexity index is 2090. The van der Waals surface area contributed by atoms with Gasteiger partial charge >= 0.3 is 0 Å². The molecule has 196 valence electrons. The maximum Gasteiger partial charge on any atom is 0.135 e. The van der Waals surface area contributed by atoms with Gasteiger partial charge in [-0.15, -0.1) is 0 Å². The predicted molar refractivity (Wildman–Crippen MR) is 168 cm³/mol. The quantitative estimate of drug-likeness (QED) is 0.251. The molecular formula is C35H26N6. The summed E-state index contributed by atoms with van der Waals surface area (Å²) in [5.41, 5.74) is 13.9. The number of nitrogen functional groups attached to an aromatic ring is 1. The fraction of sp³-hybridized carbons (Fsp3) is 0.0286. The standard InChI is InChI=1S/C35H26N6/c36-35-34(27-17-8-10-19-30(27)40(35)26-15-5-2-6-16-26)38-32-23-28-31(20-11-21-37-28)41(32)33-22-24-12-7-9-18-29(24)39(33)25-13-3-1-4-14-25/h1-22H,23,36H2. The minimum absolute atomic E-state index is 0.594. The normalized spacial score (nSPS) is 13.9. The molecule has 1 aliphatic rings. The molecule has 1 aliphatic heterocycles. The van der Waals surface area contributed by atoms with E-state index in [9.17, 15) is 0 Å². The van der Waals surface area contributed by atoms with E-state index in [0.717, 1.165) is 61.9 Å². The van der Waals surface area contributed by atoms with Crippen LogP contribution >= 0.6 is 0 Å². The number of aliphatic imine (C=N–C) groups is 1. The SMILES string of the molecule is Nc1c(N=C2Cc3ncccc3N2c2cc3ccccc3n2-c2ccccc2)c2ccccc2n1-c1ccccc1. The molecule has 0 atom stereocenters. The highest BCUT2D eigenvalue weighted by atomic mass is 15.3. The molecule has 0 fully saturated rings. The van der Waals surface area contributed by atoms with Crippen LogP contribution in [0.15, 0.2) is 139 Å². The van der Waals surface area contributed by atoms with Crippen molar-refractivity contribution >= 4 is 50.7 Å². The summed E-state index contributed by atoms with van der Waals surface area (Å²) in [6.45, 7) is 0. The number of para-hydroxylation sites is 4. The van der Waals surface area contributed by atoms with Crippen molar-refractivity contribution in [3.8, 4) is 11.4 Å². The number of hydrogen-bond donors (Lipinski definition) is 1. The van der Waals surface area contributed by atoms with E-state index in [4.69, 9.17) is 15.7 Å². The molecule has 0 bridgehead atoms. The van der Waals surface area contributed by atoms with Crippen LogP contribution in [0.5, 0.6) is 0 Å². The molecule has 0 saturated carbocycles. The Morgan fingerprint density at radius 3 is 2.10 bits per heavy atom. The lowest BCUT2D eigenvalue weighted by Crippen LogP contribution is -2.23. The van der Waals surface area contributed by atoms with E-state index in [2.05, 4.69) is 99.0 Å². The summed E-state index contributed by atoms with van der Waals surface area (Å²) in [6.07, 6.45) is 2.44. The fourth-order valence-corrected chi connectivity index (χ4v) is 5.98. The molecule has 6 heteroatoms. The summed E-state index contributed by atoms with van der Waals surface area (Å²) in [7, 11) is 0. The zero-order chi connectivity index (χ0) is 27.3. The second kappa shape index (κ2) is 9.24. The first kappa shape index (κ1) is 23.3. The highest BCUT2D eigenvalue weighted by Gasteiger charge is 2.32. The first-order valence-electron chi connectivity index (χ1n) is 13.7. The maximum atomic E-state index is 6.91. The van der Waals surface area contributed by atoms with Gasteiger partial charge in [-0.25, -0.2) is 4.99 Å². The summed E-state index contributed by atoms with van der Waals surface area (Å²) >= 11 is 0. The molecule has 0 spiro atoms. The third-order valence-electron chi connectivity index (χ3n) is 7.76. The van der Waals surface area contributed by atoms with E-state index in [0.29, 0.717) is 12.2 Å². The average Bonchev–Trinajstić information content (AvgIpc) is 3.67. The molecule has 7 aromatic rings. The van der Waals surface area contributed by atoms with Crippen LogP contribution in [0.2, 0.25) is 0 Å². The molecule has 0 unspecified atom stereocenters. The number of amidine groups is 1. The van der Waals surface area contributed by atoms with Gasteiger partial charge in [0.05, 0.1) is 28.8 Å². The molecule has 3 aromatic heterocycles. The van der Waals surface area contributed by atoms with Gasteiger partial charge in [0.2, 0.25) is 0 Å². The van der Waals surface area contributed by atoms with Crippen molar-refractivity contribution in [3.05, 3.63) is 139 Å². The van der Waals surface area contributed by atoms with Crippen LogP contribution in [0, 0.1) is 0 Å². The number of benzene rings is 4. The van der Waals surface area contributed by atoms with E-state index < -0.39 is 0 Å². The van der Waals surface area contributed by atoms with Crippen LogP contribution in [0.25, 0.3) is 33.2 Å². The van der Waals surface area contributed by atoms with Crippen LogP contribution in [-0.2, 0) is 6.42 Å².